The summed E-state index contributed by atoms with van der Waals surface area (Å²) in [4.78, 5) is 0. The Morgan fingerprint density at radius 3 is 3.00 bits per heavy atom. The van der Waals surface area contributed by atoms with E-state index in [4.69, 9.17) is 20.3 Å². The van der Waals surface area contributed by atoms with Crippen LogP contribution in [0.4, 0.5) is 0 Å². The Morgan fingerprint density at radius 1 is 1.50 bits per heavy atom. The smallest absolute Gasteiger partial charge is 0.0808 e. The van der Waals surface area contributed by atoms with Gasteiger partial charge in [0, 0.05) is 19.3 Å². The predicted octanol–water partition coefficient (Wildman–Crippen LogP) is 0.282. The summed E-state index contributed by atoms with van der Waals surface area (Å²) < 4.78 is 10.9. The highest BCUT2D eigenvalue weighted by Gasteiger charge is 2.14. The minimum atomic E-state index is -0.0522. The molecule has 0 aromatic rings. The van der Waals surface area contributed by atoms with Gasteiger partial charge in [0.1, 0.15) is 0 Å². The highest BCUT2D eigenvalue weighted by molar-refractivity contribution is 4.64. The van der Waals surface area contributed by atoms with Gasteiger partial charge in [0.05, 0.1) is 19.3 Å². The van der Waals surface area contributed by atoms with Crippen molar-refractivity contribution in [2.75, 3.05) is 26.4 Å². The van der Waals surface area contributed by atoms with Crippen LogP contribution >= 0.6 is 0 Å². The summed E-state index contributed by atoms with van der Waals surface area (Å²) in [7, 11) is 0. The zero-order valence-electron chi connectivity index (χ0n) is 8.65. The fourth-order valence-corrected chi connectivity index (χ4v) is 1.54. The average Bonchev–Trinajstić information content (AvgIpc) is 2.20. The van der Waals surface area contributed by atoms with Crippen molar-refractivity contribution in [1.82, 2.24) is 0 Å². The normalized spacial score (nSPS) is 24.9. The molecule has 0 bridgehead atoms. The van der Waals surface area contributed by atoms with Crippen LogP contribution < -0.4 is 5.73 Å². The lowest BCUT2D eigenvalue weighted by molar-refractivity contribution is -0.0433. The molecule has 0 aromatic carbocycles. The number of ether oxygens (including phenoxy) is 2. The van der Waals surface area contributed by atoms with Gasteiger partial charge >= 0.3 is 0 Å². The third kappa shape index (κ3) is 4.91. The van der Waals surface area contributed by atoms with E-state index in [0.29, 0.717) is 19.6 Å². The lowest BCUT2D eigenvalue weighted by Crippen LogP contribution is -2.31. The minimum Gasteiger partial charge on any atom is -0.396 e. The summed E-state index contributed by atoms with van der Waals surface area (Å²) in [6.07, 6.45) is 4.35. The van der Waals surface area contributed by atoms with Crippen molar-refractivity contribution in [3.63, 3.8) is 0 Å². The van der Waals surface area contributed by atoms with E-state index in [1.165, 1.54) is 12.8 Å². The SMILES string of the molecule is NC(CCO)COCC1CCCCO1. The zero-order chi connectivity index (χ0) is 10.2. The first kappa shape index (κ1) is 11.9. The Morgan fingerprint density at radius 2 is 2.36 bits per heavy atom. The fraction of sp³-hybridized carbons (Fsp3) is 1.00. The van der Waals surface area contributed by atoms with Gasteiger partial charge in [-0.15, -0.1) is 0 Å². The van der Waals surface area contributed by atoms with Crippen LogP contribution in [-0.4, -0.2) is 43.7 Å². The van der Waals surface area contributed by atoms with E-state index in [-0.39, 0.29) is 18.8 Å². The minimum absolute atomic E-state index is 0.0522. The molecule has 1 heterocycles. The van der Waals surface area contributed by atoms with Gasteiger partial charge in [-0.05, 0) is 25.7 Å². The van der Waals surface area contributed by atoms with Crippen molar-refractivity contribution in [3.05, 3.63) is 0 Å². The highest BCUT2D eigenvalue weighted by atomic mass is 16.5. The highest BCUT2D eigenvalue weighted by Crippen LogP contribution is 2.12. The third-order valence-corrected chi connectivity index (χ3v) is 2.41. The largest absolute Gasteiger partial charge is 0.396 e. The molecule has 1 rings (SSSR count). The van der Waals surface area contributed by atoms with Crippen molar-refractivity contribution >= 4 is 0 Å². The van der Waals surface area contributed by atoms with Gasteiger partial charge < -0.3 is 20.3 Å². The molecule has 14 heavy (non-hydrogen) atoms. The number of hydrogen-bond acceptors (Lipinski definition) is 4. The number of aliphatic hydroxyl groups excluding tert-OH is 1. The van der Waals surface area contributed by atoms with Crippen LogP contribution in [0.25, 0.3) is 0 Å². The average molecular weight is 203 g/mol. The van der Waals surface area contributed by atoms with E-state index in [1.807, 2.05) is 0 Å². The van der Waals surface area contributed by atoms with E-state index in [1.54, 1.807) is 0 Å². The summed E-state index contributed by atoms with van der Waals surface area (Å²) in [5.41, 5.74) is 5.67. The first-order valence-corrected chi connectivity index (χ1v) is 5.38. The molecule has 4 heteroatoms. The lowest BCUT2D eigenvalue weighted by atomic mass is 10.1. The van der Waals surface area contributed by atoms with E-state index < -0.39 is 0 Å². The van der Waals surface area contributed by atoms with Gasteiger partial charge in [-0.2, -0.15) is 0 Å². The molecule has 2 unspecified atom stereocenters. The number of hydrogen-bond donors (Lipinski definition) is 2. The molecule has 4 nitrogen and oxygen atoms in total. The Balaban J connectivity index is 1.96. The molecule has 0 aromatic heterocycles. The van der Waals surface area contributed by atoms with Crippen LogP contribution in [0.2, 0.25) is 0 Å². The van der Waals surface area contributed by atoms with Crippen LogP contribution in [0.5, 0.6) is 0 Å². The molecule has 1 aliphatic heterocycles. The van der Waals surface area contributed by atoms with Gasteiger partial charge in [0.25, 0.3) is 0 Å². The first-order chi connectivity index (χ1) is 6.83. The van der Waals surface area contributed by atoms with Crippen molar-refractivity contribution in [2.45, 2.75) is 37.8 Å². The monoisotopic (exact) mass is 203 g/mol. The summed E-state index contributed by atoms with van der Waals surface area (Å²) in [6, 6.07) is -0.0522. The molecule has 84 valence electrons. The van der Waals surface area contributed by atoms with Crippen molar-refractivity contribution < 1.29 is 14.6 Å². The second kappa shape index (κ2) is 7.17. The van der Waals surface area contributed by atoms with Crippen LogP contribution in [-0.2, 0) is 9.47 Å². The van der Waals surface area contributed by atoms with E-state index >= 15 is 0 Å². The summed E-state index contributed by atoms with van der Waals surface area (Å²) in [5.74, 6) is 0. The van der Waals surface area contributed by atoms with Crippen LogP contribution in [0.3, 0.4) is 0 Å². The maximum atomic E-state index is 8.62. The predicted molar refractivity (Wildman–Crippen MR) is 54.1 cm³/mol. The van der Waals surface area contributed by atoms with E-state index in [9.17, 15) is 0 Å². The summed E-state index contributed by atoms with van der Waals surface area (Å²) in [6.45, 7) is 2.14. The Hall–Kier alpha value is -0.160. The maximum absolute atomic E-state index is 8.62. The van der Waals surface area contributed by atoms with Crippen molar-refractivity contribution in [3.8, 4) is 0 Å². The van der Waals surface area contributed by atoms with E-state index in [2.05, 4.69) is 0 Å². The quantitative estimate of drug-likeness (QED) is 0.651. The Kier molecular flexibility index (Phi) is 6.10. The molecular formula is C10H21NO3. The fourth-order valence-electron chi connectivity index (χ4n) is 1.54. The second-order valence-corrected chi connectivity index (χ2v) is 3.80. The molecule has 1 saturated heterocycles. The van der Waals surface area contributed by atoms with Gasteiger partial charge in [-0.25, -0.2) is 0 Å². The third-order valence-electron chi connectivity index (χ3n) is 2.41. The molecule has 0 amide bonds. The topological polar surface area (TPSA) is 64.7 Å². The first-order valence-electron chi connectivity index (χ1n) is 5.38. The summed E-state index contributed by atoms with van der Waals surface area (Å²) >= 11 is 0. The summed E-state index contributed by atoms with van der Waals surface area (Å²) in [5, 5.41) is 8.62. The van der Waals surface area contributed by atoms with Crippen molar-refractivity contribution in [2.24, 2.45) is 5.73 Å². The molecule has 1 aliphatic rings. The number of nitrogens with two attached hydrogens (primary N) is 1. The number of rotatable bonds is 6. The molecule has 1 fully saturated rings. The lowest BCUT2D eigenvalue weighted by Gasteiger charge is -2.23. The van der Waals surface area contributed by atoms with Crippen molar-refractivity contribution in [1.29, 1.82) is 0 Å². The zero-order valence-corrected chi connectivity index (χ0v) is 8.65. The molecule has 0 aliphatic carbocycles. The maximum Gasteiger partial charge on any atom is 0.0808 e. The standard InChI is InChI=1S/C10H21NO3/c11-9(4-5-12)7-13-8-10-3-1-2-6-14-10/h9-10,12H,1-8,11H2. The van der Waals surface area contributed by atoms with Gasteiger partial charge in [-0.3, -0.25) is 0 Å². The van der Waals surface area contributed by atoms with Gasteiger partial charge in [0.2, 0.25) is 0 Å². The van der Waals surface area contributed by atoms with Crippen LogP contribution in [0.1, 0.15) is 25.7 Å². The van der Waals surface area contributed by atoms with Crippen LogP contribution in [0, 0.1) is 0 Å². The van der Waals surface area contributed by atoms with Crippen LogP contribution in [0.15, 0.2) is 0 Å². The Bertz CT molecular complexity index is 137. The molecule has 0 spiro atoms. The second-order valence-electron chi connectivity index (χ2n) is 3.80. The molecule has 2 atom stereocenters. The number of aliphatic hydroxyl groups is 1. The molecule has 0 radical (unpaired) electrons. The molecular weight excluding hydrogens is 182 g/mol. The Labute approximate surface area is 85.4 Å². The molecule has 0 saturated carbocycles. The van der Waals surface area contributed by atoms with Gasteiger partial charge in [-0.1, -0.05) is 0 Å². The van der Waals surface area contributed by atoms with E-state index in [0.717, 1.165) is 13.0 Å². The van der Waals surface area contributed by atoms with Gasteiger partial charge in [0.15, 0.2) is 0 Å². The molecule has 3 N–H and O–H groups in total.